The van der Waals surface area contributed by atoms with Crippen LogP contribution in [0.15, 0.2) is 102 Å². The van der Waals surface area contributed by atoms with Crippen LogP contribution < -0.4 is 10.2 Å². The fourth-order valence-electron chi connectivity index (χ4n) is 3.50. The molecule has 0 fully saturated rings. The van der Waals surface area contributed by atoms with Gasteiger partial charge in [0.05, 0.1) is 10.8 Å². The van der Waals surface area contributed by atoms with E-state index in [1.54, 1.807) is 72.2 Å². The highest BCUT2D eigenvalue weighted by Gasteiger charge is 2.22. The van der Waals surface area contributed by atoms with E-state index < -0.39 is 21.8 Å². The Balaban J connectivity index is 1.60. The Hall–Kier alpha value is -3.68. The molecule has 1 unspecified atom stereocenters. The summed E-state index contributed by atoms with van der Waals surface area (Å²) in [6, 6.07) is 28.0. The van der Waals surface area contributed by atoms with Gasteiger partial charge in [0.2, 0.25) is 0 Å². The van der Waals surface area contributed by atoms with Crippen LogP contribution in [0.4, 0.5) is 5.69 Å². The summed E-state index contributed by atoms with van der Waals surface area (Å²) in [4.78, 5) is 12.4. The van der Waals surface area contributed by atoms with Gasteiger partial charge in [-0.05, 0) is 46.2 Å². The van der Waals surface area contributed by atoms with Crippen LogP contribution in [0.25, 0.3) is 10.8 Å². The van der Waals surface area contributed by atoms with E-state index in [0.717, 1.165) is 10.8 Å². The molecule has 0 saturated carbocycles. The molecule has 0 aliphatic carbocycles. The molecule has 0 aromatic heterocycles. The number of anilines is 1. The minimum absolute atomic E-state index is 0.164. The first-order valence-corrected chi connectivity index (χ1v) is 11.1. The van der Waals surface area contributed by atoms with Crippen molar-refractivity contribution in [3.8, 4) is 0 Å². The van der Waals surface area contributed by atoms with Crippen LogP contribution in [0.3, 0.4) is 0 Å². The van der Waals surface area contributed by atoms with Crippen molar-refractivity contribution >= 4 is 32.4 Å². The van der Waals surface area contributed by atoms with Crippen LogP contribution in [-0.4, -0.2) is 19.5 Å². The SMILES string of the molecule is O=C(NO)C(c1ccccc1)c1ccc(NS(=O)(=O)c2ccc3ccccc3c2)cc1. The molecule has 0 saturated heterocycles. The van der Waals surface area contributed by atoms with Crippen LogP contribution in [-0.2, 0) is 14.8 Å². The zero-order valence-electron chi connectivity index (χ0n) is 16.4. The first kappa shape index (κ1) is 20.6. The molecule has 7 heteroatoms. The molecule has 4 rings (SSSR count). The number of benzene rings is 4. The number of fused-ring (bicyclic) bond motifs is 1. The number of carbonyl (C=O) groups is 1. The fraction of sp³-hybridized carbons (Fsp3) is 0.0417. The van der Waals surface area contributed by atoms with Crippen molar-refractivity contribution in [3.63, 3.8) is 0 Å². The zero-order valence-corrected chi connectivity index (χ0v) is 17.2. The lowest BCUT2D eigenvalue weighted by Crippen LogP contribution is -2.27. The van der Waals surface area contributed by atoms with Gasteiger partial charge in [-0.2, -0.15) is 0 Å². The summed E-state index contributed by atoms with van der Waals surface area (Å²) in [5.74, 6) is -1.30. The largest absolute Gasteiger partial charge is 0.289 e. The van der Waals surface area contributed by atoms with Crippen molar-refractivity contribution in [1.82, 2.24) is 5.48 Å². The Morgan fingerprint density at radius 1 is 0.742 bits per heavy atom. The number of sulfonamides is 1. The van der Waals surface area contributed by atoms with Crippen LogP contribution in [0.2, 0.25) is 0 Å². The molecule has 0 heterocycles. The molecule has 0 aliphatic heterocycles. The molecule has 3 N–H and O–H groups in total. The van der Waals surface area contributed by atoms with Gasteiger partial charge in [0.1, 0.15) is 0 Å². The van der Waals surface area contributed by atoms with Gasteiger partial charge in [0, 0.05) is 5.69 Å². The van der Waals surface area contributed by atoms with E-state index in [4.69, 9.17) is 5.21 Å². The average Bonchev–Trinajstić information content (AvgIpc) is 2.80. The third kappa shape index (κ3) is 4.42. The van der Waals surface area contributed by atoms with Crippen molar-refractivity contribution in [1.29, 1.82) is 0 Å². The first-order chi connectivity index (χ1) is 15.0. The lowest BCUT2D eigenvalue weighted by Gasteiger charge is -2.16. The van der Waals surface area contributed by atoms with Gasteiger partial charge < -0.3 is 0 Å². The fourth-order valence-corrected chi connectivity index (χ4v) is 4.59. The Kier molecular flexibility index (Phi) is 5.70. The summed E-state index contributed by atoms with van der Waals surface area (Å²) in [7, 11) is -3.78. The average molecular weight is 433 g/mol. The molecule has 0 spiro atoms. The highest BCUT2D eigenvalue weighted by Crippen LogP contribution is 2.27. The maximum absolute atomic E-state index is 12.8. The Bertz CT molecular complexity index is 1320. The van der Waals surface area contributed by atoms with Crippen LogP contribution in [0, 0.1) is 0 Å². The van der Waals surface area contributed by atoms with E-state index in [1.807, 2.05) is 30.3 Å². The summed E-state index contributed by atoms with van der Waals surface area (Å²) in [5.41, 5.74) is 3.39. The molecule has 1 atom stereocenters. The van der Waals surface area contributed by atoms with Crippen molar-refractivity contribution in [2.24, 2.45) is 0 Å². The normalized spacial score (nSPS) is 12.3. The second-order valence-electron chi connectivity index (χ2n) is 7.06. The molecule has 0 bridgehead atoms. The van der Waals surface area contributed by atoms with Gasteiger partial charge >= 0.3 is 0 Å². The molecule has 1 amide bonds. The molecule has 4 aromatic rings. The van der Waals surface area contributed by atoms with Crippen LogP contribution >= 0.6 is 0 Å². The van der Waals surface area contributed by atoms with Crippen molar-refractivity contribution in [3.05, 3.63) is 108 Å². The summed E-state index contributed by atoms with van der Waals surface area (Å²) in [5, 5.41) is 10.9. The van der Waals surface area contributed by atoms with Crippen molar-refractivity contribution in [2.45, 2.75) is 10.8 Å². The first-order valence-electron chi connectivity index (χ1n) is 9.58. The second-order valence-corrected chi connectivity index (χ2v) is 8.74. The van der Waals surface area contributed by atoms with E-state index in [2.05, 4.69) is 4.72 Å². The highest BCUT2D eigenvalue weighted by atomic mass is 32.2. The van der Waals surface area contributed by atoms with Gasteiger partial charge in [-0.15, -0.1) is 0 Å². The summed E-state index contributed by atoms with van der Waals surface area (Å²) in [6.07, 6.45) is 0. The molecular weight excluding hydrogens is 412 g/mol. The molecule has 6 nitrogen and oxygen atoms in total. The molecule has 0 aliphatic rings. The number of hydrogen-bond donors (Lipinski definition) is 3. The molecule has 0 radical (unpaired) electrons. The van der Waals surface area contributed by atoms with Crippen LogP contribution in [0.5, 0.6) is 0 Å². The van der Waals surface area contributed by atoms with E-state index in [9.17, 15) is 13.2 Å². The van der Waals surface area contributed by atoms with Gasteiger partial charge in [-0.1, -0.05) is 72.8 Å². The minimum atomic E-state index is -3.78. The Labute approximate surface area is 180 Å². The Morgan fingerprint density at radius 3 is 2.03 bits per heavy atom. The van der Waals surface area contributed by atoms with E-state index in [1.165, 1.54) is 0 Å². The van der Waals surface area contributed by atoms with Crippen LogP contribution in [0.1, 0.15) is 17.0 Å². The number of hydrogen-bond acceptors (Lipinski definition) is 4. The quantitative estimate of drug-likeness (QED) is 0.313. The number of carbonyl (C=O) groups excluding carboxylic acids is 1. The number of nitrogens with one attached hydrogen (secondary N) is 2. The number of hydroxylamine groups is 1. The Morgan fingerprint density at radius 2 is 1.35 bits per heavy atom. The predicted molar refractivity (Wildman–Crippen MR) is 119 cm³/mol. The third-order valence-corrected chi connectivity index (χ3v) is 6.41. The van der Waals surface area contributed by atoms with Crippen molar-refractivity contribution < 1.29 is 18.4 Å². The topological polar surface area (TPSA) is 95.5 Å². The van der Waals surface area contributed by atoms with E-state index in [0.29, 0.717) is 16.8 Å². The second kappa shape index (κ2) is 8.59. The van der Waals surface area contributed by atoms with Gasteiger partial charge in [0.15, 0.2) is 0 Å². The minimum Gasteiger partial charge on any atom is -0.289 e. The van der Waals surface area contributed by atoms with Crippen molar-refractivity contribution in [2.75, 3.05) is 4.72 Å². The number of rotatable bonds is 6. The standard InChI is InChI=1S/C24H20N2O4S/c27-24(25-28)23(18-7-2-1-3-8-18)19-10-13-21(14-11-19)26-31(29,30)22-15-12-17-6-4-5-9-20(17)16-22/h1-16,23,26,28H,(H,25,27). The maximum atomic E-state index is 12.8. The summed E-state index contributed by atoms with van der Waals surface area (Å²) >= 11 is 0. The summed E-state index contributed by atoms with van der Waals surface area (Å²) < 4.78 is 28.2. The van der Waals surface area contributed by atoms with E-state index in [-0.39, 0.29) is 4.90 Å². The smallest absolute Gasteiger partial charge is 0.261 e. The monoisotopic (exact) mass is 432 g/mol. The highest BCUT2D eigenvalue weighted by molar-refractivity contribution is 7.92. The maximum Gasteiger partial charge on any atom is 0.261 e. The molecule has 156 valence electrons. The molecular formula is C24H20N2O4S. The molecule has 31 heavy (non-hydrogen) atoms. The lowest BCUT2D eigenvalue weighted by molar-refractivity contribution is -0.129. The number of amides is 1. The third-order valence-electron chi connectivity index (χ3n) is 5.03. The zero-order chi connectivity index (χ0) is 21.8. The van der Waals surface area contributed by atoms with Gasteiger partial charge in [0.25, 0.3) is 15.9 Å². The van der Waals surface area contributed by atoms with Gasteiger partial charge in [-0.3, -0.25) is 14.7 Å². The summed E-state index contributed by atoms with van der Waals surface area (Å²) in [6.45, 7) is 0. The van der Waals surface area contributed by atoms with E-state index >= 15 is 0 Å². The predicted octanol–water partition coefficient (Wildman–Crippen LogP) is 4.28. The lowest BCUT2D eigenvalue weighted by atomic mass is 9.90. The van der Waals surface area contributed by atoms with Gasteiger partial charge in [-0.25, -0.2) is 13.9 Å². The molecule has 4 aromatic carbocycles.